The van der Waals surface area contributed by atoms with Gasteiger partial charge in [0, 0.05) is 31.0 Å². The first kappa shape index (κ1) is 23.6. The van der Waals surface area contributed by atoms with E-state index in [1.165, 1.54) is 0 Å². The summed E-state index contributed by atoms with van der Waals surface area (Å²) >= 11 is 6.41. The van der Waals surface area contributed by atoms with Gasteiger partial charge in [0.05, 0.1) is 16.1 Å². The molecule has 2 unspecified atom stereocenters. The van der Waals surface area contributed by atoms with E-state index >= 15 is 0 Å². The van der Waals surface area contributed by atoms with E-state index in [-0.39, 0.29) is 17.2 Å². The van der Waals surface area contributed by atoms with Gasteiger partial charge in [-0.1, -0.05) is 44.5 Å². The first-order chi connectivity index (χ1) is 15.9. The number of aromatic nitrogens is 4. The fraction of sp³-hybridized carbons (Fsp3) is 0.435. The lowest BCUT2D eigenvalue weighted by atomic mass is 9.75. The summed E-state index contributed by atoms with van der Waals surface area (Å²) in [5.41, 5.74) is 12.4. The normalized spacial score (nSPS) is 20.8. The number of nitrogens with one attached hydrogen (secondary N) is 1. The Kier molecular flexibility index (Phi) is 5.77. The highest BCUT2D eigenvalue weighted by Gasteiger charge is 2.45. The number of fused-ring (bicyclic) bond motifs is 1. The SMILES string of the molecule is CC1(OC(N)=O)CCN(c2nc(C#N)c3c(-c4cccc(N)c4Cl)n[nH]c3n2)C(C(C)(C)C)C1. The van der Waals surface area contributed by atoms with E-state index in [4.69, 9.17) is 32.8 Å². The van der Waals surface area contributed by atoms with E-state index < -0.39 is 11.7 Å². The first-order valence-corrected chi connectivity index (χ1v) is 11.3. The number of aromatic amines is 1. The summed E-state index contributed by atoms with van der Waals surface area (Å²) in [5.74, 6) is 0.402. The van der Waals surface area contributed by atoms with E-state index in [9.17, 15) is 10.1 Å². The van der Waals surface area contributed by atoms with Gasteiger partial charge in [-0.25, -0.2) is 9.78 Å². The molecule has 1 aliphatic heterocycles. The highest BCUT2D eigenvalue weighted by Crippen LogP contribution is 2.41. The van der Waals surface area contributed by atoms with Gasteiger partial charge in [-0.05, 0) is 18.4 Å². The minimum absolute atomic E-state index is 0.0830. The summed E-state index contributed by atoms with van der Waals surface area (Å²) in [6.45, 7) is 8.70. The molecule has 0 aliphatic carbocycles. The maximum atomic E-state index is 11.5. The zero-order chi connectivity index (χ0) is 24.8. The number of piperidine rings is 1. The zero-order valence-electron chi connectivity index (χ0n) is 19.5. The van der Waals surface area contributed by atoms with Crippen LogP contribution in [0, 0.1) is 16.7 Å². The van der Waals surface area contributed by atoms with Crippen molar-refractivity contribution in [2.75, 3.05) is 17.2 Å². The molecule has 5 N–H and O–H groups in total. The molecule has 10 nitrogen and oxygen atoms in total. The Hall–Kier alpha value is -3.58. The summed E-state index contributed by atoms with van der Waals surface area (Å²) in [5, 5.41) is 18.1. The van der Waals surface area contributed by atoms with E-state index in [0.717, 1.165) is 0 Å². The third-order valence-electron chi connectivity index (χ3n) is 6.28. The Balaban J connectivity index is 1.80. The van der Waals surface area contributed by atoms with Crippen molar-refractivity contribution in [3.8, 4) is 17.3 Å². The first-order valence-electron chi connectivity index (χ1n) is 10.9. The van der Waals surface area contributed by atoms with Crippen molar-refractivity contribution in [2.24, 2.45) is 11.1 Å². The summed E-state index contributed by atoms with van der Waals surface area (Å²) in [6.07, 6.45) is 0.285. The van der Waals surface area contributed by atoms with Crippen molar-refractivity contribution in [1.82, 2.24) is 20.2 Å². The number of anilines is 2. The molecule has 1 amide bonds. The molecule has 0 bridgehead atoms. The minimum atomic E-state index is -0.793. The predicted molar refractivity (Wildman–Crippen MR) is 130 cm³/mol. The van der Waals surface area contributed by atoms with Crippen molar-refractivity contribution >= 4 is 40.4 Å². The quantitative estimate of drug-likeness (QED) is 0.472. The number of amides is 1. The van der Waals surface area contributed by atoms with Gasteiger partial charge in [-0.3, -0.25) is 5.10 Å². The lowest BCUT2D eigenvalue weighted by molar-refractivity contribution is -0.00965. The Labute approximate surface area is 202 Å². The summed E-state index contributed by atoms with van der Waals surface area (Å²) < 4.78 is 5.46. The van der Waals surface area contributed by atoms with Crippen LogP contribution in [0.15, 0.2) is 18.2 Å². The smallest absolute Gasteiger partial charge is 0.405 e. The fourth-order valence-corrected chi connectivity index (χ4v) is 4.75. The van der Waals surface area contributed by atoms with Crippen molar-refractivity contribution in [3.63, 3.8) is 0 Å². The highest BCUT2D eigenvalue weighted by molar-refractivity contribution is 6.36. The molecule has 1 aromatic carbocycles. The molecule has 178 valence electrons. The van der Waals surface area contributed by atoms with Crippen LogP contribution in [0.3, 0.4) is 0 Å². The van der Waals surface area contributed by atoms with Gasteiger partial charge >= 0.3 is 6.09 Å². The molecule has 0 spiro atoms. The van der Waals surface area contributed by atoms with Crippen molar-refractivity contribution in [2.45, 2.75) is 52.2 Å². The Morgan fingerprint density at radius 1 is 1.38 bits per heavy atom. The number of ether oxygens (including phenoxy) is 1. The van der Waals surface area contributed by atoms with Crippen LogP contribution < -0.4 is 16.4 Å². The molecule has 2 aromatic heterocycles. The van der Waals surface area contributed by atoms with Gasteiger partial charge < -0.3 is 21.1 Å². The molecule has 34 heavy (non-hydrogen) atoms. The van der Waals surface area contributed by atoms with Crippen molar-refractivity contribution in [1.29, 1.82) is 5.26 Å². The summed E-state index contributed by atoms with van der Waals surface area (Å²) in [4.78, 5) is 22.9. The molecule has 2 atom stereocenters. The number of nitrogen functional groups attached to an aromatic ring is 1. The average molecular weight is 483 g/mol. The lowest BCUT2D eigenvalue weighted by Crippen LogP contribution is -2.56. The van der Waals surface area contributed by atoms with Crippen LogP contribution >= 0.6 is 11.6 Å². The van der Waals surface area contributed by atoms with Crippen LogP contribution in [0.5, 0.6) is 0 Å². The van der Waals surface area contributed by atoms with Crippen molar-refractivity contribution in [3.05, 3.63) is 28.9 Å². The second kappa shape index (κ2) is 8.33. The molecular formula is C23H27ClN8O2. The van der Waals surface area contributed by atoms with Crippen LogP contribution in [0.2, 0.25) is 5.02 Å². The number of carbonyl (C=O) groups is 1. The molecular weight excluding hydrogens is 456 g/mol. The molecule has 3 aromatic rings. The molecule has 11 heteroatoms. The van der Waals surface area contributed by atoms with Gasteiger partial charge in [0.15, 0.2) is 11.3 Å². The summed E-state index contributed by atoms with van der Waals surface area (Å²) in [6, 6.07) is 7.34. The van der Waals surface area contributed by atoms with Crippen molar-refractivity contribution < 1.29 is 9.53 Å². The average Bonchev–Trinajstić information content (AvgIpc) is 3.17. The maximum absolute atomic E-state index is 11.5. The van der Waals surface area contributed by atoms with Crippen LogP contribution in [-0.2, 0) is 4.74 Å². The van der Waals surface area contributed by atoms with E-state index in [1.807, 2.05) is 6.92 Å². The molecule has 1 saturated heterocycles. The Morgan fingerprint density at radius 3 is 2.76 bits per heavy atom. The van der Waals surface area contributed by atoms with Gasteiger partial charge in [0.25, 0.3) is 0 Å². The number of primary amides is 1. The topological polar surface area (TPSA) is 160 Å². The number of rotatable bonds is 3. The molecule has 1 fully saturated rings. The van der Waals surface area contributed by atoms with Gasteiger partial charge in [0.2, 0.25) is 5.95 Å². The maximum Gasteiger partial charge on any atom is 0.405 e. The highest BCUT2D eigenvalue weighted by atomic mass is 35.5. The van der Waals surface area contributed by atoms with Crippen LogP contribution in [-0.4, -0.2) is 44.4 Å². The van der Waals surface area contributed by atoms with Crippen LogP contribution in [0.4, 0.5) is 16.4 Å². The number of hydrogen-bond donors (Lipinski definition) is 3. The molecule has 0 saturated carbocycles. The zero-order valence-corrected chi connectivity index (χ0v) is 20.3. The number of nitrogens with two attached hydrogens (primary N) is 2. The Bertz CT molecular complexity index is 1310. The second-order valence-electron chi connectivity index (χ2n) is 9.89. The number of nitriles is 1. The Morgan fingerprint density at radius 2 is 2.12 bits per heavy atom. The van der Waals surface area contributed by atoms with E-state index in [1.54, 1.807) is 18.2 Å². The summed E-state index contributed by atoms with van der Waals surface area (Å²) in [7, 11) is 0. The van der Waals surface area contributed by atoms with E-state index in [2.05, 4.69) is 46.9 Å². The molecule has 0 radical (unpaired) electrons. The third kappa shape index (κ3) is 4.19. The number of carbonyl (C=O) groups excluding carboxylic acids is 1. The number of halogens is 1. The number of hydrogen-bond acceptors (Lipinski definition) is 8. The minimum Gasteiger partial charge on any atom is -0.443 e. The van der Waals surface area contributed by atoms with E-state index in [0.29, 0.717) is 58.3 Å². The van der Waals surface area contributed by atoms with Gasteiger partial charge in [-0.15, -0.1) is 0 Å². The van der Waals surface area contributed by atoms with Gasteiger partial charge in [0.1, 0.15) is 17.4 Å². The lowest BCUT2D eigenvalue weighted by Gasteiger charge is -2.49. The third-order valence-corrected chi connectivity index (χ3v) is 6.71. The monoisotopic (exact) mass is 482 g/mol. The molecule has 3 heterocycles. The van der Waals surface area contributed by atoms with Gasteiger partial charge in [-0.2, -0.15) is 15.3 Å². The number of H-pyrrole nitrogens is 1. The number of nitrogens with zero attached hydrogens (tertiary/aromatic N) is 5. The van der Waals surface area contributed by atoms with Crippen LogP contribution in [0.25, 0.3) is 22.3 Å². The predicted octanol–water partition coefficient (Wildman–Crippen LogP) is 4.00. The standard InChI is InChI=1S/C23H27ClN8O2/c1-22(2,3)15-10-23(4,34-20(27)33)8-9-32(15)21-28-14(11-25)16-18(30-31-19(16)29-21)12-6-5-7-13(26)17(12)24/h5-7,15H,8-10,26H2,1-4H3,(H2,27,33)(H,28,29,30,31). The largest absolute Gasteiger partial charge is 0.443 e. The fourth-order valence-electron chi connectivity index (χ4n) is 4.54. The van der Waals surface area contributed by atoms with Crippen LogP contribution in [0.1, 0.15) is 46.2 Å². The molecule has 4 rings (SSSR count). The number of benzene rings is 1. The molecule has 1 aliphatic rings. The second-order valence-corrected chi connectivity index (χ2v) is 10.3.